The maximum absolute atomic E-state index is 13.1. The standard InChI is InChI=1S/C17H21FN4O2/c1-12-11-22(7-2-8-24-12)17(23)19-9-14-10-20-21-16(14)13-3-5-15(18)6-4-13/h3-6,10,12H,2,7-9,11H2,1H3,(H,19,23)(H,20,21). The molecule has 3 rings (SSSR count). The Morgan fingerprint density at radius 1 is 1.46 bits per heavy atom. The Hall–Kier alpha value is -2.41. The number of hydrogen-bond donors (Lipinski definition) is 2. The average Bonchev–Trinajstić information content (AvgIpc) is 2.93. The van der Waals surface area contributed by atoms with Crippen LogP contribution in [0, 0.1) is 5.82 Å². The highest BCUT2D eigenvalue weighted by molar-refractivity contribution is 5.74. The molecule has 1 fully saturated rings. The summed E-state index contributed by atoms with van der Waals surface area (Å²) in [6.45, 7) is 4.28. The number of carbonyl (C=O) groups is 1. The monoisotopic (exact) mass is 332 g/mol. The first-order chi connectivity index (χ1) is 11.6. The molecule has 24 heavy (non-hydrogen) atoms. The summed E-state index contributed by atoms with van der Waals surface area (Å²) in [4.78, 5) is 14.1. The molecule has 0 aliphatic carbocycles. The summed E-state index contributed by atoms with van der Waals surface area (Å²) >= 11 is 0. The molecule has 2 N–H and O–H groups in total. The Kier molecular flexibility index (Phi) is 5.10. The molecular formula is C17H21FN4O2. The van der Waals surface area contributed by atoms with Crippen molar-refractivity contribution in [1.29, 1.82) is 0 Å². The largest absolute Gasteiger partial charge is 0.377 e. The van der Waals surface area contributed by atoms with Gasteiger partial charge in [0.05, 0.1) is 18.0 Å². The van der Waals surface area contributed by atoms with Crippen LogP contribution in [-0.4, -0.2) is 46.9 Å². The predicted octanol–water partition coefficient (Wildman–Crippen LogP) is 2.54. The second-order valence-corrected chi connectivity index (χ2v) is 5.92. The van der Waals surface area contributed by atoms with E-state index in [-0.39, 0.29) is 18.0 Å². The van der Waals surface area contributed by atoms with Crippen molar-refractivity contribution in [3.63, 3.8) is 0 Å². The van der Waals surface area contributed by atoms with Crippen molar-refractivity contribution in [3.05, 3.63) is 41.8 Å². The number of hydrogen-bond acceptors (Lipinski definition) is 3. The van der Waals surface area contributed by atoms with E-state index in [9.17, 15) is 9.18 Å². The van der Waals surface area contributed by atoms with E-state index in [2.05, 4.69) is 15.5 Å². The lowest BCUT2D eigenvalue weighted by atomic mass is 10.1. The number of amides is 2. The number of nitrogens with zero attached hydrogens (tertiary/aromatic N) is 2. The van der Waals surface area contributed by atoms with Gasteiger partial charge in [0.15, 0.2) is 0 Å². The van der Waals surface area contributed by atoms with Gasteiger partial charge in [0.25, 0.3) is 0 Å². The van der Waals surface area contributed by atoms with Crippen molar-refractivity contribution >= 4 is 6.03 Å². The minimum absolute atomic E-state index is 0.0435. The first kappa shape index (κ1) is 16.4. The molecular weight excluding hydrogens is 311 g/mol. The van der Waals surface area contributed by atoms with Crippen molar-refractivity contribution in [3.8, 4) is 11.3 Å². The number of H-pyrrole nitrogens is 1. The molecule has 1 unspecified atom stereocenters. The SMILES string of the molecule is CC1CN(C(=O)NCc2cn[nH]c2-c2ccc(F)cc2)CCCO1. The van der Waals surface area contributed by atoms with Crippen molar-refractivity contribution in [1.82, 2.24) is 20.4 Å². The Labute approximate surface area is 140 Å². The number of benzene rings is 1. The molecule has 0 saturated carbocycles. The van der Waals surface area contributed by atoms with Gasteiger partial charge >= 0.3 is 6.03 Å². The van der Waals surface area contributed by atoms with Crippen LogP contribution in [0.15, 0.2) is 30.5 Å². The van der Waals surface area contributed by atoms with Crippen LogP contribution in [0.1, 0.15) is 18.9 Å². The lowest BCUT2D eigenvalue weighted by Gasteiger charge is -2.22. The lowest BCUT2D eigenvalue weighted by molar-refractivity contribution is 0.0710. The van der Waals surface area contributed by atoms with E-state index in [1.165, 1.54) is 12.1 Å². The third-order valence-corrected chi connectivity index (χ3v) is 4.02. The van der Waals surface area contributed by atoms with Gasteiger partial charge in [-0.1, -0.05) is 0 Å². The van der Waals surface area contributed by atoms with Crippen molar-refractivity contribution < 1.29 is 13.9 Å². The van der Waals surface area contributed by atoms with Crippen molar-refractivity contribution in [2.45, 2.75) is 26.0 Å². The highest BCUT2D eigenvalue weighted by Gasteiger charge is 2.20. The number of rotatable bonds is 3. The first-order valence-corrected chi connectivity index (χ1v) is 8.06. The molecule has 1 aromatic heterocycles. The summed E-state index contributed by atoms with van der Waals surface area (Å²) in [5.41, 5.74) is 2.46. The Morgan fingerprint density at radius 3 is 3.04 bits per heavy atom. The maximum atomic E-state index is 13.1. The zero-order valence-corrected chi connectivity index (χ0v) is 13.6. The van der Waals surface area contributed by atoms with E-state index in [1.54, 1.807) is 23.2 Å². The third kappa shape index (κ3) is 3.91. The minimum atomic E-state index is -0.286. The zero-order valence-electron chi connectivity index (χ0n) is 13.6. The van der Waals surface area contributed by atoms with Crippen LogP contribution in [0.2, 0.25) is 0 Å². The Morgan fingerprint density at radius 2 is 2.25 bits per heavy atom. The van der Waals surface area contributed by atoms with E-state index in [0.717, 1.165) is 23.2 Å². The fourth-order valence-corrected chi connectivity index (χ4v) is 2.77. The molecule has 1 aliphatic heterocycles. The van der Waals surface area contributed by atoms with Crippen LogP contribution in [0.5, 0.6) is 0 Å². The number of aromatic amines is 1. The number of nitrogens with one attached hydrogen (secondary N) is 2. The van der Waals surface area contributed by atoms with Crippen molar-refractivity contribution in [2.75, 3.05) is 19.7 Å². The summed E-state index contributed by atoms with van der Waals surface area (Å²) < 4.78 is 18.6. The van der Waals surface area contributed by atoms with Crippen LogP contribution in [0.25, 0.3) is 11.3 Å². The Balaban J connectivity index is 1.64. The molecule has 2 aromatic rings. The van der Waals surface area contributed by atoms with E-state index >= 15 is 0 Å². The first-order valence-electron chi connectivity index (χ1n) is 8.06. The quantitative estimate of drug-likeness (QED) is 0.907. The molecule has 1 saturated heterocycles. The summed E-state index contributed by atoms with van der Waals surface area (Å²) in [5, 5.41) is 9.86. The smallest absolute Gasteiger partial charge is 0.317 e. The van der Waals surface area contributed by atoms with E-state index in [1.807, 2.05) is 6.92 Å². The average molecular weight is 332 g/mol. The van der Waals surface area contributed by atoms with Gasteiger partial charge < -0.3 is 15.0 Å². The second-order valence-electron chi connectivity index (χ2n) is 5.92. The summed E-state index contributed by atoms with van der Waals surface area (Å²) in [6, 6.07) is 6.05. The van der Waals surface area contributed by atoms with Gasteiger partial charge in [0.1, 0.15) is 5.82 Å². The number of urea groups is 1. The topological polar surface area (TPSA) is 70.2 Å². The lowest BCUT2D eigenvalue weighted by Crippen LogP contribution is -2.42. The normalized spacial score (nSPS) is 18.2. The zero-order chi connectivity index (χ0) is 16.9. The number of ether oxygens (including phenoxy) is 1. The van der Waals surface area contributed by atoms with Crippen LogP contribution in [0.3, 0.4) is 0 Å². The molecule has 6 nitrogen and oxygen atoms in total. The molecule has 0 bridgehead atoms. The fourth-order valence-electron chi connectivity index (χ4n) is 2.77. The molecule has 1 atom stereocenters. The van der Waals surface area contributed by atoms with Crippen LogP contribution >= 0.6 is 0 Å². The van der Waals surface area contributed by atoms with Crippen LogP contribution in [-0.2, 0) is 11.3 Å². The van der Waals surface area contributed by atoms with Gasteiger partial charge in [0.2, 0.25) is 0 Å². The number of aromatic nitrogens is 2. The van der Waals surface area contributed by atoms with E-state index in [0.29, 0.717) is 26.2 Å². The van der Waals surface area contributed by atoms with Gasteiger partial charge in [-0.25, -0.2) is 9.18 Å². The van der Waals surface area contributed by atoms with Gasteiger partial charge in [-0.05, 0) is 37.6 Å². The molecule has 0 spiro atoms. The van der Waals surface area contributed by atoms with Gasteiger partial charge in [-0.3, -0.25) is 5.10 Å². The van der Waals surface area contributed by atoms with E-state index < -0.39 is 0 Å². The second kappa shape index (κ2) is 7.44. The van der Waals surface area contributed by atoms with Crippen LogP contribution < -0.4 is 5.32 Å². The van der Waals surface area contributed by atoms with Gasteiger partial charge in [0, 0.05) is 37.4 Å². The van der Waals surface area contributed by atoms with Crippen molar-refractivity contribution in [2.24, 2.45) is 0 Å². The highest BCUT2D eigenvalue weighted by atomic mass is 19.1. The molecule has 1 aromatic carbocycles. The minimum Gasteiger partial charge on any atom is -0.377 e. The molecule has 128 valence electrons. The molecule has 0 radical (unpaired) electrons. The summed E-state index contributed by atoms with van der Waals surface area (Å²) in [6.07, 6.45) is 2.55. The Bertz CT molecular complexity index is 686. The molecule has 1 aliphatic rings. The maximum Gasteiger partial charge on any atom is 0.317 e. The number of halogens is 1. The molecule has 2 amide bonds. The highest BCUT2D eigenvalue weighted by Crippen LogP contribution is 2.21. The van der Waals surface area contributed by atoms with Crippen LogP contribution in [0.4, 0.5) is 9.18 Å². The molecule has 7 heteroatoms. The van der Waals surface area contributed by atoms with Gasteiger partial charge in [-0.2, -0.15) is 5.10 Å². The van der Waals surface area contributed by atoms with E-state index in [4.69, 9.17) is 4.74 Å². The van der Waals surface area contributed by atoms with Gasteiger partial charge in [-0.15, -0.1) is 0 Å². The summed E-state index contributed by atoms with van der Waals surface area (Å²) in [5.74, 6) is -0.286. The molecule has 2 heterocycles. The number of carbonyl (C=O) groups excluding carboxylic acids is 1. The fraction of sp³-hybridized carbons (Fsp3) is 0.412. The third-order valence-electron chi connectivity index (χ3n) is 4.02. The predicted molar refractivity (Wildman–Crippen MR) is 87.8 cm³/mol. The summed E-state index contributed by atoms with van der Waals surface area (Å²) in [7, 11) is 0.